The molecule has 1 saturated heterocycles. The Morgan fingerprint density at radius 1 is 1.10 bits per heavy atom. The van der Waals surface area contributed by atoms with Gasteiger partial charge >= 0.3 is 12.0 Å². The number of piperazine rings is 1. The van der Waals surface area contributed by atoms with Crippen LogP contribution in [0.4, 0.5) is 4.79 Å². The first kappa shape index (κ1) is 28.7. The van der Waals surface area contributed by atoms with Gasteiger partial charge in [-0.25, -0.2) is 9.59 Å². The number of methoxy groups -OCH3 is 1. The predicted molar refractivity (Wildman–Crippen MR) is 149 cm³/mol. The molecule has 39 heavy (non-hydrogen) atoms. The third kappa shape index (κ3) is 6.00. The van der Waals surface area contributed by atoms with Crippen LogP contribution in [0.25, 0.3) is 0 Å². The van der Waals surface area contributed by atoms with Crippen LogP contribution in [0.2, 0.25) is 10.0 Å². The summed E-state index contributed by atoms with van der Waals surface area (Å²) in [4.78, 5) is 44.9. The molecular formula is C28H32Cl2N4O5. The van der Waals surface area contributed by atoms with Crippen molar-refractivity contribution >= 4 is 41.1 Å². The number of esters is 1. The molecular weight excluding hydrogens is 543 g/mol. The molecule has 1 fully saturated rings. The zero-order valence-corrected chi connectivity index (χ0v) is 23.9. The number of ether oxygens (including phenoxy) is 2. The third-order valence-electron chi connectivity index (χ3n) is 7.05. The van der Waals surface area contributed by atoms with Crippen molar-refractivity contribution in [1.82, 2.24) is 20.0 Å². The monoisotopic (exact) mass is 574 g/mol. The van der Waals surface area contributed by atoms with Crippen LogP contribution in [0.5, 0.6) is 5.75 Å². The average molecular weight is 575 g/mol. The van der Waals surface area contributed by atoms with Crippen LogP contribution in [0, 0.1) is 0 Å². The number of amides is 3. The lowest BCUT2D eigenvalue weighted by atomic mass is 9.94. The van der Waals surface area contributed by atoms with E-state index in [4.69, 9.17) is 32.7 Å². The van der Waals surface area contributed by atoms with E-state index in [1.165, 1.54) is 4.90 Å². The Morgan fingerprint density at radius 3 is 2.46 bits per heavy atom. The van der Waals surface area contributed by atoms with Crippen LogP contribution in [0.1, 0.15) is 35.8 Å². The number of likely N-dealkylation sites (N-methyl/N-ethyl adjacent to an activating group) is 1. The smallest absolute Gasteiger partial charge is 0.338 e. The highest BCUT2D eigenvalue weighted by molar-refractivity contribution is 6.42. The number of benzene rings is 2. The lowest BCUT2D eigenvalue weighted by Crippen LogP contribution is -2.56. The number of carbonyl (C=O) groups is 3. The van der Waals surface area contributed by atoms with Gasteiger partial charge in [-0.1, -0.05) is 35.3 Å². The number of hydrogen-bond acceptors (Lipinski definition) is 6. The summed E-state index contributed by atoms with van der Waals surface area (Å²) in [5.41, 5.74) is 1.91. The number of carbonyl (C=O) groups excluding carboxylic acids is 3. The first-order valence-electron chi connectivity index (χ1n) is 12.7. The largest absolute Gasteiger partial charge is 0.497 e. The summed E-state index contributed by atoms with van der Waals surface area (Å²) in [6.45, 7) is 5.80. The van der Waals surface area contributed by atoms with E-state index >= 15 is 0 Å². The highest BCUT2D eigenvalue weighted by Gasteiger charge is 2.39. The molecule has 208 valence electrons. The van der Waals surface area contributed by atoms with Crippen molar-refractivity contribution in [2.24, 2.45) is 0 Å². The number of urea groups is 1. The first-order chi connectivity index (χ1) is 18.7. The molecule has 2 aromatic carbocycles. The van der Waals surface area contributed by atoms with Gasteiger partial charge in [0.05, 0.1) is 35.4 Å². The Bertz CT molecular complexity index is 1280. The van der Waals surface area contributed by atoms with Crippen molar-refractivity contribution < 1.29 is 23.9 Å². The van der Waals surface area contributed by atoms with Crippen molar-refractivity contribution in [1.29, 1.82) is 0 Å². The highest BCUT2D eigenvalue weighted by atomic mass is 35.5. The summed E-state index contributed by atoms with van der Waals surface area (Å²) >= 11 is 12.8. The molecule has 0 aromatic heterocycles. The predicted octanol–water partition coefficient (Wildman–Crippen LogP) is 4.36. The first-order valence-corrected chi connectivity index (χ1v) is 13.5. The lowest BCUT2D eigenvalue weighted by Gasteiger charge is -2.42. The Balaban J connectivity index is 1.60. The number of nitrogens with zero attached hydrogens (tertiary/aromatic N) is 3. The Kier molecular flexibility index (Phi) is 9.04. The third-order valence-corrected chi connectivity index (χ3v) is 7.88. The number of halogens is 2. The summed E-state index contributed by atoms with van der Waals surface area (Å²) in [5.74, 6) is 0.0934. The Hall–Kier alpha value is -3.27. The van der Waals surface area contributed by atoms with Gasteiger partial charge in [-0.2, -0.15) is 0 Å². The Labute approximate surface area is 238 Å². The van der Waals surface area contributed by atoms with Crippen LogP contribution in [0.3, 0.4) is 0 Å². The van der Waals surface area contributed by atoms with Crippen molar-refractivity contribution in [2.45, 2.75) is 25.9 Å². The summed E-state index contributed by atoms with van der Waals surface area (Å²) in [7, 11) is 3.20. The van der Waals surface area contributed by atoms with Crippen LogP contribution in [-0.4, -0.2) is 85.6 Å². The van der Waals surface area contributed by atoms with Gasteiger partial charge in [-0.15, -0.1) is 0 Å². The molecule has 0 radical (unpaired) electrons. The molecule has 0 aliphatic carbocycles. The zero-order chi connectivity index (χ0) is 28.3. The molecule has 2 aliphatic rings. The van der Waals surface area contributed by atoms with Crippen molar-refractivity contribution in [2.75, 3.05) is 46.9 Å². The van der Waals surface area contributed by atoms with E-state index in [1.807, 2.05) is 11.8 Å². The second-order valence-electron chi connectivity index (χ2n) is 9.48. The van der Waals surface area contributed by atoms with Crippen LogP contribution in [0.15, 0.2) is 53.7 Å². The van der Waals surface area contributed by atoms with Gasteiger partial charge in [-0.3, -0.25) is 14.6 Å². The minimum atomic E-state index is -0.829. The minimum Gasteiger partial charge on any atom is -0.497 e. The molecule has 2 aromatic rings. The van der Waals surface area contributed by atoms with E-state index in [-0.39, 0.29) is 29.6 Å². The maximum absolute atomic E-state index is 13.3. The normalized spacial score (nSPS) is 20.1. The maximum Gasteiger partial charge on any atom is 0.338 e. The Morgan fingerprint density at radius 2 is 1.82 bits per heavy atom. The van der Waals surface area contributed by atoms with E-state index in [0.29, 0.717) is 59.3 Å². The maximum atomic E-state index is 13.3. The molecule has 3 amide bonds. The van der Waals surface area contributed by atoms with Crippen LogP contribution < -0.4 is 10.1 Å². The van der Waals surface area contributed by atoms with Gasteiger partial charge in [0.2, 0.25) is 0 Å². The van der Waals surface area contributed by atoms with Crippen molar-refractivity contribution in [3.63, 3.8) is 0 Å². The van der Waals surface area contributed by atoms with E-state index in [2.05, 4.69) is 10.2 Å². The van der Waals surface area contributed by atoms with Crippen LogP contribution in [-0.2, 0) is 9.53 Å². The van der Waals surface area contributed by atoms with E-state index in [0.717, 1.165) is 0 Å². The van der Waals surface area contributed by atoms with Crippen molar-refractivity contribution in [3.8, 4) is 5.75 Å². The second-order valence-corrected chi connectivity index (χ2v) is 10.3. The number of nitrogens with one attached hydrogen (secondary N) is 1. The SMILES string of the molecule is CCOC(=O)C1=C(CN2CCN(C(=O)c3ccc(OC)cc3)[C@H](C)C2)N(C)C(=O)N[C@@H]1c1cccc(Cl)c1Cl. The summed E-state index contributed by atoms with van der Waals surface area (Å²) in [6, 6.07) is 10.8. The molecule has 0 bridgehead atoms. The molecule has 2 atom stereocenters. The van der Waals surface area contributed by atoms with Gasteiger partial charge in [0, 0.05) is 50.5 Å². The average Bonchev–Trinajstić information content (AvgIpc) is 2.92. The van der Waals surface area contributed by atoms with E-state index in [1.54, 1.807) is 63.5 Å². The van der Waals surface area contributed by atoms with Gasteiger partial charge in [0.15, 0.2) is 0 Å². The summed E-state index contributed by atoms with van der Waals surface area (Å²) in [6.07, 6.45) is 0. The molecule has 0 spiro atoms. The van der Waals surface area contributed by atoms with Crippen LogP contribution >= 0.6 is 23.2 Å². The van der Waals surface area contributed by atoms with E-state index in [9.17, 15) is 14.4 Å². The zero-order valence-electron chi connectivity index (χ0n) is 22.4. The fourth-order valence-electron chi connectivity index (χ4n) is 4.96. The fourth-order valence-corrected chi connectivity index (χ4v) is 5.38. The molecule has 0 saturated carbocycles. The standard InChI is InChI=1S/C28H32Cl2N4O5/c1-5-39-27(36)23-22(32(3)28(37)31-25(23)20-7-6-8-21(29)24(20)30)16-33-13-14-34(17(2)15-33)26(35)18-9-11-19(38-4)12-10-18/h6-12,17,25H,5,13-16H2,1-4H3,(H,31,37)/t17-,25-/m1/s1. The van der Waals surface area contributed by atoms with Gasteiger partial charge in [0.25, 0.3) is 5.91 Å². The molecule has 2 heterocycles. The highest BCUT2D eigenvalue weighted by Crippen LogP contribution is 2.37. The molecule has 9 nitrogen and oxygen atoms in total. The molecule has 4 rings (SSSR count). The molecule has 1 N–H and O–H groups in total. The van der Waals surface area contributed by atoms with Gasteiger partial charge in [-0.05, 0) is 49.7 Å². The van der Waals surface area contributed by atoms with Gasteiger partial charge in [0.1, 0.15) is 5.75 Å². The van der Waals surface area contributed by atoms with Crippen molar-refractivity contribution in [3.05, 3.63) is 74.9 Å². The molecule has 2 aliphatic heterocycles. The minimum absolute atomic E-state index is 0.0546. The number of rotatable bonds is 7. The fraction of sp³-hybridized carbons (Fsp3) is 0.393. The number of hydrogen-bond donors (Lipinski definition) is 1. The second kappa shape index (κ2) is 12.3. The van der Waals surface area contributed by atoms with E-state index < -0.39 is 12.0 Å². The lowest BCUT2D eigenvalue weighted by molar-refractivity contribution is -0.139. The topological polar surface area (TPSA) is 91.4 Å². The molecule has 11 heteroatoms. The summed E-state index contributed by atoms with van der Waals surface area (Å²) in [5, 5.41) is 3.45. The quantitative estimate of drug-likeness (QED) is 0.494. The van der Waals surface area contributed by atoms with Gasteiger partial charge < -0.3 is 19.7 Å². The summed E-state index contributed by atoms with van der Waals surface area (Å²) < 4.78 is 10.6. The molecule has 0 unspecified atom stereocenters.